The van der Waals surface area contributed by atoms with Crippen molar-refractivity contribution in [1.29, 1.82) is 0 Å². The van der Waals surface area contributed by atoms with Crippen molar-refractivity contribution in [3.05, 3.63) is 0 Å². The van der Waals surface area contributed by atoms with E-state index in [-0.39, 0.29) is 36.4 Å². The lowest BCUT2D eigenvalue weighted by atomic mass is 10.1. The number of ether oxygens (including phenoxy) is 1. The molecule has 0 aromatic heterocycles. The maximum Gasteiger partial charge on any atom is 0.326 e. The third-order valence-corrected chi connectivity index (χ3v) is 3.88. The van der Waals surface area contributed by atoms with Crippen molar-refractivity contribution in [2.24, 2.45) is 22.4 Å². The molecule has 0 radical (unpaired) electrons. The number of nitrogens with zero attached hydrogens (tertiary/aromatic N) is 1. The molecule has 6 N–H and O–H groups in total. The van der Waals surface area contributed by atoms with Crippen molar-refractivity contribution < 1.29 is 29.0 Å². The van der Waals surface area contributed by atoms with Gasteiger partial charge in [0, 0.05) is 26.1 Å². The molecule has 0 aliphatic carbocycles. The van der Waals surface area contributed by atoms with E-state index >= 15 is 0 Å². The zero-order chi connectivity index (χ0) is 19.4. The number of thioether (sulfide) groups is 1. The van der Waals surface area contributed by atoms with Gasteiger partial charge in [-0.2, -0.15) is 0 Å². The number of nitrogens with two attached hydrogens (primary N) is 2. The minimum absolute atomic E-state index is 0.0782. The molecule has 0 saturated carbocycles. The van der Waals surface area contributed by atoms with Crippen molar-refractivity contribution >= 4 is 40.7 Å². The first-order valence-electron chi connectivity index (χ1n) is 7.48. The summed E-state index contributed by atoms with van der Waals surface area (Å²) in [6.45, 7) is 2.53. The molecule has 10 nitrogen and oxygen atoms in total. The summed E-state index contributed by atoms with van der Waals surface area (Å²) < 4.78 is 4.81. The highest BCUT2D eigenvalue weighted by Gasteiger charge is 2.26. The molecule has 0 aromatic carbocycles. The smallest absolute Gasteiger partial charge is 0.326 e. The average Bonchev–Trinajstić information content (AvgIpc) is 2.48. The van der Waals surface area contributed by atoms with Gasteiger partial charge >= 0.3 is 11.9 Å². The number of hydrogen-bond donors (Lipinski definition) is 4. The van der Waals surface area contributed by atoms with E-state index in [0.29, 0.717) is 6.42 Å². The Kier molecular flexibility index (Phi) is 11.0. The fourth-order valence-corrected chi connectivity index (χ4v) is 2.37. The Morgan fingerprint density at radius 2 is 1.88 bits per heavy atom. The lowest BCUT2D eigenvalue weighted by Crippen LogP contribution is -2.45. The molecular formula is C14H24N4O6S. The average molecular weight is 376 g/mol. The molecule has 1 amide bonds. The number of carboxylic acid groups (broad SMARTS) is 1. The van der Waals surface area contributed by atoms with Crippen molar-refractivity contribution in [3.63, 3.8) is 0 Å². The van der Waals surface area contributed by atoms with Crippen LogP contribution in [0.2, 0.25) is 0 Å². The van der Waals surface area contributed by atoms with Crippen LogP contribution in [0, 0.1) is 5.92 Å². The lowest BCUT2D eigenvalue weighted by Gasteiger charge is -2.19. The molecule has 0 rings (SSSR count). The second-order valence-corrected chi connectivity index (χ2v) is 6.35. The second kappa shape index (κ2) is 12.1. The molecule has 142 valence electrons. The zero-order valence-corrected chi connectivity index (χ0v) is 15.0. The quantitative estimate of drug-likeness (QED) is 0.154. The highest BCUT2D eigenvalue weighted by molar-refractivity contribution is 8.13. The van der Waals surface area contributed by atoms with Crippen LogP contribution in [0.1, 0.15) is 26.7 Å². The zero-order valence-electron chi connectivity index (χ0n) is 14.2. The van der Waals surface area contributed by atoms with Crippen LogP contribution in [0.25, 0.3) is 0 Å². The van der Waals surface area contributed by atoms with Crippen LogP contribution in [0.3, 0.4) is 0 Å². The first-order valence-corrected chi connectivity index (χ1v) is 8.47. The van der Waals surface area contributed by atoms with Crippen LogP contribution >= 0.6 is 11.8 Å². The van der Waals surface area contributed by atoms with Gasteiger partial charge in [0.1, 0.15) is 12.6 Å². The first-order chi connectivity index (χ1) is 11.6. The van der Waals surface area contributed by atoms with Gasteiger partial charge in [0.05, 0.1) is 5.92 Å². The maximum atomic E-state index is 12.3. The van der Waals surface area contributed by atoms with Crippen LogP contribution in [-0.4, -0.2) is 59.0 Å². The van der Waals surface area contributed by atoms with Gasteiger partial charge in [-0.15, -0.1) is 0 Å². The van der Waals surface area contributed by atoms with Crippen molar-refractivity contribution in [2.75, 3.05) is 18.9 Å². The monoisotopic (exact) mass is 376 g/mol. The van der Waals surface area contributed by atoms with E-state index in [1.165, 1.54) is 13.8 Å². The van der Waals surface area contributed by atoms with Crippen LogP contribution in [0.5, 0.6) is 0 Å². The highest BCUT2D eigenvalue weighted by atomic mass is 32.2. The van der Waals surface area contributed by atoms with Gasteiger partial charge in [-0.1, -0.05) is 11.8 Å². The van der Waals surface area contributed by atoms with Gasteiger partial charge in [0.2, 0.25) is 5.91 Å². The Balaban J connectivity index is 4.74. The van der Waals surface area contributed by atoms with Gasteiger partial charge in [0.25, 0.3) is 0 Å². The van der Waals surface area contributed by atoms with Crippen molar-refractivity contribution in [1.82, 2.24) is 5.32 Å². The number of esters is 1. The summed E-state index contributed by atoms with van der Waals surface area (Å²) >= 11 is 0.896. The number of aliphatic carboxylic acids is 1. The molecule has 25 heavy (non-hydrogen) atoms. The van der Waals surface area contributed by atoms with Gasteiger partial charge in [0.15, 0.2) is 11.1 Å². The number of nitrogens with one attached hydrogen (secondary N) is 1. The second-order valence-electron chi connectivity index (χ2n) is 5.15. The summed E-state index contributed by atoms with van der Waals surface area (Å²) in [4.78, 5) is 49.3. The van der Waals surface area contributed by atoms with E-state index in [4.69, 9.17) is 16.2 Å². The molecule has 0 saturated heterocycles. The van der Waals surface area contributed by atoms with E-state index < -0.39 is 29.8 Å². The number of aliphatic imine (C=N–C) groups is 1. The van der Waals surface area contributed by atoms with Crippen LogP contribution in [-0.2, 0) is 23.9 Å². The fourth-order valence-electron chi connectivity index (χ4n) is 1.69. The van der Waals surface area contributed by atoms with Crippen LogP contribution in [0.4, 0.5) is 0 Å². The minimum atomic E-state index is -1.21. The van der Waals surface area contributed by atoms with Gasteiger partial charge < -0.3 is 26.6 Å². The largest absolute Gasteiger partial charge is 0.480 e. The van der Waals surface area contributed by atoms with Gasteiger partial charge in [-0.05, 0) is 12.8 Å². The Bertz CT molecular complexity index is 503. The molecule has 0 fully saturated rings. The number of carbonyl (C=O) groups is 4. The first kappa shape index (κ1) is 22.7. The number of hydrogen-bond acceptors (Lipinski definition) is 7. The third kappa shape index (κ3) is 11.8. The fraction of sp³-hybridized carbons (Fsp3) is 0.643. The van der Waals surface area contributed by atoms with Crippen molar-refractivity contribution in [2.45, 2.75) is 32.7 Å². The normalized spacial score (nSPS) is 12.6. The highest BCUT2D eigenvalue weighted by Crippen LogP contribution is 2.12. The Morgan fingerprint density at radius 3 is 2.36 bits per heavy atom. The van der Waals surface area contributed by atoms with E-state index in [1.54, 1.807) is 0 Å². The predicted molar refractivity (Wildman–Crippen MR) is 92.7 cm³/mol. The Labute approximate surface area is 149 Å². The standard InChI is InChI=1S/C14H24N4O6S/c1-8(19)24-6-10(7-25-9(2)20)12(21)18-11(13(22)23)4-3-5-17-14(15)16/h10-11H,3-7H2,1-2H3,(H,18,21)(H,22,23)(H4,15,16,17)/t10?,11-/m0/s1. The summed E-state index contributed by atoms with van der Waals surface area (Å²) in [5, 5.41) is 11.4. The molecule has 0 aliphatic rings. The Hall–Kier alpha value is -2.30. The van der Waals surface area contributed by atoms with E-state index in [0.717, 1.165) is 11.8 Å². The molecule has 0 heterocycles. The number of guanidine groups is 1. The summed E-state index contributed by atoms with van der Waals surface area (Å²) in [6, 6.07) is -1.14. The molecule has 11 heteroatoms. The molecule has 0 bridgehead atoms. The molecular weight excluding hydrogens is 352 g/mol. The van der Waals surface area contributed by atoms with Gasteiger partial charge in [-0.25, -0.2) is 4.79 Å². The lowest BCUT2D eigenvalue weighted by molar-refractivity contribution is -0.146. The predicted octanol–water partition coefficient (Wildman–Crippen LogP) is -0.932. The van der Waals surface area contributed by atoms with Crippen LogP contribution < -0.4 is 16.8 Å². The molecule has 0 spiro atoms. The summed E-state index contributed by atoms with van der Waals surface area (Å²) in [6.07, 6.45) is 0.476. The van der Waals surface area contributed by atoms with Gasteiger partial charge in [-0.3, -0.25) is 19.4 Å². The Morgan fingerprint density at radius 1 is 1.24 bits per heavy atom. The molecule has 2 atom stereocenters. The van der Waals surface area contributed by atoms with E-state index in [2.05, 4.69) is 10.3 Å². The minimum Gasteiger partial charge on any atom is -0.480 e. The SMILES string of the molecule is CC(=O)OCC(CSC(C)=O)C(=O)N[C@@H](CCCN=C(N)N)C(=O)O. The summed E-state index contributed by atoms with van der Waals surface area (Å²) in [7, 11) is 0. The molecule has 0 aromatic rings. The third-order valence-electron chi connectivity index (χ3n) is 2.91. The number of carboxylic acids is 1. The van der Waals surface area contributed by atoms with Crippen LogP contribution in [0.15, 0.2) is 4.99 Å². The maximum absolute atomic E-state index is 12.3. The van der Waals surface area contributed by atoms with E-state index in [9.17, 15) is 24.3 Å². The molecule has 0 aliphatic heterocycles. The topological polar surface area (TPSA) is 174 Å². The molecule has 1 unspecified atom stereocenters. The summed E-state index contributed by atoms with van der Waals surface area (Å²) in [5.74, 6) is -3.24. The summed E-state index contributed by atoms with van der Waals surface area (Å²) in [5.41, 5.74) is 10.4. The van der Waals surface area contributed by atoms with Crippen molar-refractivity contribution in [3.8, 4) is 0 Å². The number of amides is 1. The number of rotatable bonds is 11. The van der Waals surface area contributed by atoms with E-state index in [1.807, 2.05) is 0 Å². The number of carbonyl (C=O) groups excluding carboxylic acids is 3.